The minimum absolute atomic E-state index is 0.0394. The van der Waals surface area contributed by atoms with Crippen LogP contribution in [0.1, 0.15) is 11.1 Å². The lowest BCUT2D eigenvalue weighted by atomic mass is 10.0. The van der Waals surface area contributed by atoms with Crippen molar-refractivity contribution in [2.24, 2.45) is 0 Å². The lowest BCUT2D eigenvalue weighted by molar-refractivity contribution is 0.0428. The molecule has 1 aliphatic rings. The van der Waals surface area contributed by atoms with Crippen molar-refractivity contribution in [2.45, 2.75) is 10.8 Å². The Morgan fingerprint density at radius 1 is 0.839 bits per heavy atom. The van der Waals surface area contributed by atoms with Gasteiger partial charge in [-0.3, -0.25) is 0 Å². The molecule has 0 atom stereocenters. The van der Waals surface area contributed by atoms with Crippen LogP contribution >= 0.6 is 11.6 Å². The fourth-order valence-electron chi connectivity index (χ4n) is 3.54. The average Bonchev–Trinajstić information content (AvgIpc) is 2.80. The van der Waals surface area contributed by atoms with Crippen LogP contribution < -0.4 is 4.90 Å². The van der Waals surface area contributed by atoms with Gasteiger partial charge < -0.3 is 4.90 Å². The monoisotopic (exact) mass is 463 g/mol. The Bertz CT molecular complexity index is 1150. The van der Waals surface area contributed by atoms with Gasteiger partial charge in [0.25, 0.3) is 5.92 Å². The van der Waals surface area contributed by atoms with Crippen LogP contribution in [0.4, 0.5) is 14.6 Å². The summed E-state index contributed by atoms with van der Waals surface area (Å²) in [7, 11) is -3.60. The molecule has 1 fully saturated rings. The van der Waals surface area contributed by atoms with Gasteiger partial charge in [0.1, 0.15) is 11.0 Å². The van der Waals surface area contributed by atoms with Crippen LogP contribution in [-0.4, -0.2) is 43.9 Å². The summed E-state index contributed by atoms with van der Waals surface area (Å²) in [5.41, 5.74) is -0.393. The van der Waals surface area contributed by atoms with Gasteiger partial charge in [-0.25, -0.2) is 13.4 Å². The zero-order valence-electron chi connectivity index (χ0n) is 16.5. The first-order valence-electron chi connectivity index (χ1n) is 9.70. The molecule has 1 aliphatic heterocycles. The number of hydrogen-bond donors (Lipinski definition) is 0. The SMILES string of the molecule is O=S(=O)(c1ccccc1)N1CCN(c2cc(C(F)(F)c3ccccc3)cc(Cl)n2)CC1. The Hall–Kier alpha value is -2.55. The summed E-state index contributed by atoms with van der Waals surface area (Å²) in [5, 5.41) is -0.0394. The summed E-state index contributed by atoms with van der Waals surface area (Å²) in [5.74, 6) is -2.93. The molecule has 0 spiro atoms. The fraction of sp³-hybridized carbons (Fsp3) is 0.227. The number of pyridine rings is 1. The maximum Gasteiger partial charge on any atom is 0.298 e. The third kappa shape index (κ3) is 4.42. The molecule has 5 nitrogen and oxygen atoms in total. The van der Waals surface area contributed by atoms with Crippen molar-refractivity contribution in [1.82, 2.24) is 9.29 Å². The molecule has 9 heteroatoms. The largest absolute Gasteiger partial charge is 0.354 e. The summed E-state index contributed by atoms with van der Waals surface area (Å²) in [4.78, 5) is 6.20. The van der Waals surface area contributed by atoms with Gasteiger partial charge in [-0.05, 0) is 24.3 Å². The Balaban J connectivity index is 1.54. The number of halogens is 3. The number of aromatic nitrogens is 1. The van der Waals surface area contributed by atoms with Crippen LogP contribution in [-0.2, 0) is 15.9 Å². The summed E-state index contributed by atoms with van der Waals surface area (Å²) in [6.07, 6.45) is 0. The summed E-state index contributed by atoms with van der Waals surface area (Å²) in [6.45, 7) is 1.07. The molecule has 2 aromatic carbocycles. The molecule has 2 heterocycles. The zero-order valence-corrected chi connectivity index (χ0v) is 18.0. The van der Waals surface area contributed by atoms with Crippen molar-refractivity contribution in [1.29, 1.82) is 0 Å². The molecule has 0 saturated carbocycles. The first-order valence-corrected chi connectivity index (χ1v) is 11.5. The molecule has 0 bridgehead atoms. The van der Waals surface area contributed by atoms with Gasteiger partial charge in [0.05, 0.1) is 4.90 Å². The van der Waals surface area contributed by atoms with Gasteiger partial charge in [-0.1, -0.05) is 60.1 Å². The molecule has 0 unspecified atom stereocenters. The fourth-order valence-corrected chi connectivity index (χ4v) is 5.19. The number of rotatable bonds is 5. The normalized spacial score (nSPS) is 15.8. The minimum atomic E-state index is -3.60. The van der Waals surface area contributed by atoms with Gasteiger partial charge in [0.2, 0.25) is 10.0 Å². The molecule has 162 valence electrons. The van der Waals surface area contributed by atoms with E-state index in [-0.39, 0.29) is 34.3 Å². The van der Waals surface area contributed by atoms with E-state index in [1.54, 1.807) is 53.4 Å². The second-order valence-corrected chi connectivity index (χ2v) is 9.51. The number of anilines is 1. The number of sulfonamides is 1. The van der Waals surface area contributed by atoms with Crippen molar-refractivity contribution >= 4 is 27.4 Å². The standard InChI is InChI=1S/C22H20ClF2N3O2S/c23-20-15-18(22(24,25)17-7-3-1-4-8-17)16-21(26-20)27-11-13-28(14-12-27)31(29,30)19-9-5-2-6-10-19/h1-10,15-16H,11-14H2. The highest BCUT2D eigenvalue weighted by atomic mass is 35.5. The number of piperazine rings is 1. The van der Waals surface area contributed by atoms with Crippen LogP contribution in [0.3, 0.4) is 0 Å². The summed E-state index contributed by atoms with van der Waals surface area (Å²) < 4.78 is 57.0. The topological polar surface area (TPSA) is 53.5 Å². The predicted octanol–water partition coefficient (Wildman–Crippen LogP) is 4.39. The quantitative estimate of drug-likeness (QED) is 0.527. The van der Waals surface area contributed by atoms with E-state index >= 15 is 8.78 Å². The van der Waals surface area contributed by atoms with Crippen LogP contribution in [0.25, 0.3) is 0 Å². The smallest absolute Gasteiger partial charge is 0.298 e. The third-order valence-electron chi connectivity index (χ3n) is 5.22. The molecule has 0 N–H and O–H groups in total. The average molecular weight is 464 g/mol. The van der Waals surface area contributed by atoms with E-state index in [4.69, 9.17) is 11.6 Å². The van der Waals surface area contributed by atoms with E-state index in [0.717, 1.165) is 6.07 Å². The second-order valence-electron chi connectivity index (χ2n) is 7.18. The van der Waals surface area contributed by atoms with Gasteiger partial charge in [0, 0.05) is 37.3 Å². The maximum absolute atomic E-state index is 15.0. The first kappa shape index (κ1) is 21.7. The van der Waals surface area contributed by atoms with E-state index in [0.29, 0.717) is 18.9 Å². The van der Waals surface area contributed by atoms with Gasteiger partial charge in [-0.2, -0.15) is 13.1 Å². The zero-order chi connectivity index (χ0) is 22.1. The van der Waals surface area contributed by atoms with Crippen molar-refractivity contribution in [3.63, 3.8) is 0 Å². The molecule has 31 heavy (non-hydrogen) atoms. The molecule has 0 amide bonds. The Morgan fingerprint density at radius 2 is 1.42 bits per heavy atom. The van der Waals surface area contributed by atoms with E-state index in [1.807, 2.05) is 0 Å². The molecule has 0 radical (unpaired) electrons. The molecule has 0 aliphatic carbocycles. The van der Waals surface area contributed by atoms with E-state index < -0.39 is 15.9 Å². The molecular formula is C22H20ClF2N3O2S. The predicted molar refractivity (Wildman–Crippen MR) is 116 cm³/mol. The van der Waals surface area contributed by atoms with Crippen LogP contribution in [0.2, 0.25) is 5.15 Å². The first-order chi connectivity index (χ1) is 14.8. The highest BCUT2D eigenvalue weighted by Gasteiger charge is 2.36. The summed E-state index contributed by atoms with van der Waals surface area (Å²) >= 11 is 6.07. The van der Waals surface area contributed by atoms with E-state index in [1.165, 1.54) is 22.5 Å². The molecule has 1 saturated heterocycles. The summed E-state index contributed by atoms with van der Waals surface area (Å²) in [6, 6.07) is 18.2. The van der Waals surface area contributed by atoms with E-state index in [9.17, 15) is 8.42 Å². The number of nitrogens with zero attached hydrogens (tertiary/aromatic N) is 3. The van der Waals surface area contributed by atoms with Gasteiger partial charge in [-0.15, -0.1) is 0 Å². The van der Waals surface area contributed by atoms with Crippen LogP contribution in [0.15, 0.2) is 77.7 Å². The van der Waals surface area contributed by atoms with Crippen molar-refractivity contribution in [2.75, 3.05) is 31.1 Å². The highest BCUT2D eigenvalue weighted by molar-refractivity contribution is 7.89. The number of benzene rings is 2. The number of alkyl halides is 2. The molecule has 3 aromatic rings. The number of hydrogen-bond acceptors (Lipinski definition) is 4. The van der Waals surface area contributed by atoms with Crippen molar-refractivity contribution < 1.29 is 17.2 Å². The molecular weight excluding hydrogens is 444 g/mol. The van der Waals surface area contributed by atoms with Gasteiger partial charge in [0.15, 0.2) is 0 Å². The minimum Gasteiger partial charge on any atom is -0.354 e. The Kier molecular flexibility index (Phi) is 5.96. The van der Waals surface area contributed by atoms with Crippen molar-refractivity contribution in [3.05, 3.63) is 89.1 Å². The molecule has 4 rings (SSSR count). The van der Waals surface area contributed by atoms with E-state index in [2.05, 4.69) is 4.98 Å². The van der Waals surface area contributed by atoms with Crippen molar-refractivity contribution in [3.8, 4) is 0 Å². The highest BCUT2D eigenvalue weighted by Crippen LogP contribution is 2.38. The molecule has 1 aromatic heterocycles. The van der Waals surface area contributed by atoms with Crippen LogP contribution in [0, 0.1) is 0 Å². The lowest BCUT2D eigenvalue weighted by Crippen LogP contribution is -2.49. The maximum atomic E-state index is 15.0. The Morgan fingerprint density at radius 3 is 2.03 bits per heavy atom. The van der Waals surface area contributed by atoms with Gasteiger partial charge >= 0.3 is 0 Å². The second kappa shape index (κ2) is 8.53. The Labute approximate surface area is 184 Å². The van der Waals surface area contributed by atoms with Crippen LogP contribution in [0.5, 0.6) is 0 Å². The third-order valence-corrected chi connectivity index (χ3v) is 7.33. The lowest BCUT2D eigenvalue weighted by Gasteiger charge is -2.35.